The molecule has 0 spiro atoms. The fourth-order valence-corrected chi connectivity index (χ4v) is 6.05. The maximum atomic E-state index is 2.68. The van der Waals surface area contributed by atoms with Crippen molar-refractivity contribution < 1.29 is 0 Å². The molecule has 0 saturated heterocycles. The van der Waals surface area contributed by atoms with Crippen LogP contribution in [0.25, 0.3) is 0 Å². The molecule has 0 fully saturated rings. The van der Waals surface area contributed by atoms with Crippen molar-refractivity contribution in [2.75, 3.05) is 0 Å². The van der Waals surface area contributed by atoms with Crippen LogP contribution in [0.1, 0.15) is 26.7 Å². The van der Waals surface area contributed by atoms with Crippen molar-refractivity contribution in [1.82, 2.24) is 0 Å². The van der Waals surface area contributed by atoms with Crippen LogP contribution in [0.15, 0.2) is 0 Å². The molecule has 2 heteroatoms. The van der Waals surface area contributed by atoms with E-state index in [0.717, 1.165) is 0 Å². The molecule has 0 unspecified atom stereocenters. The van der Waals surface area contributed by atoms with Gasteiger partial charge in [0.1, 0.15) is 6.29 Å². The van der Waals surface area contributed by atoms with E-state index in [0.29, 0.717) is 0 Å². The quantitative estimate of drug-likeness (QED) is 0.404. The van der Waals surface area contributed by atoms with Crippen LogP contribution in [0.4, 0.5) is 0 Å². The first-order chi connectivity index (χ1) is 3.81. The van der Waals surface area contributed by atoms with E-state index >= 15 is 0 Å². The van der Waals surface area contributed by atoms with Crippen LogP contribution in [0.5, 0.6) is 0 Å². The fourth-order valence-electron chi connectivity index (χ4n) is 0.771. The lowest BCUT2D eigenvalue weighted by molar-refractivity contribution is 1.02. The van der Waals surface area contributed by atoms with Gasteiger partial charge >= 0.3 is 0 Å². The summed E-state index contributed by atoms with van der Waals surface area (Å²) in [7, 11) is 0. The number of rotatable bonds is 4. The Morgan fingerprint density at radius 2 is 1.50 bits per heavy atom. The van der Waals surface area contributed by atoms with E-state index in [1.807, 2.05) is 0 Å². The zero-order chi connectivity index (χ0) is 6.41. The second kappa shape index (κ2) is 6.07. The number of halogens is 1. The highest BCUT2D eigenvalue weighted by atomic mass is 127. The van der Waals surface area contributed by atoms with Crippen molar-refractivity contribution >= 4 is 28.1 Å². The zero-order valence-electron chi connectivity index (χ0n) is 5.78. The average molecular weight is 242 g/mol. The third-order valence-electron chi connectivity index (χ3n) is 1.20. The molecule has 0 amide bonds. The lowest BCUT2D eigenvalue weighted by Gasteiger charge is -2.01. The minimum absolute atomic E-state index is 0.232. The lowest BCUT2D eigenvalue weighted by Crippen LogP contribution is -1.98. The monoisotopic (exact) mass is 242 g/mol. The van der Waals surface area contributed by atoms with Crippen LogP contribution in [0, 0.1) is 0 Å². The SMILES string of the molecule is CCC[SiH](I)CCC. The second-order valence-electron chi connectivity index (χ2n) is 2.17. The summed E-state index contributed by atoms with van der Waals surface area (Å²) in [5.74, 6) is 0. The van der Waals surface area contributed by atoms with Crippen molar-refractivity contribution in [3.63, 3.8) is 0 Å². The molecule has 0 aromatic heterocycles. The Balaban J connectivity index is 2.92. The van der Waals surface area contributed by atoms with Gasteiger partial charge < -0.3 is 0 Å². The molecule has 0 radical (unpaired) electrons. The molecule has 0 aromatic carbocycles. The van der Waals surface area contributed by atoms with Crippen LogP contribution < -0.4 is 0 Å². The van der Waals surface area contributed by atoms with Gasteiger partial charge in [0.05, 0.1) is 0 Å². The Hall–Kier alpha value is 0.947. The Morgan fingerprint density at radius 1 is 1.12 bits per heavy atom. The summed E-state index contributed by atoms with van der Waals surface area (Å²) in [4.78, 5) is 0. The number of hydrogen-bond donors (Lipinski definition) is 0. The largest absolute Gasteiger partial charge is 0.123 e. The highest BCUT2D eigenvalue weighted by Crippen LogP contribution is 2.11. The van der Waals surface area contributed by atoms with E-state index in [4.69, 9.17) is 0 Å². The van der Waals surface area contributed by atoms with E-state index in [1.54, 1.807) is 0 Å². The molecule has 0 aliphatic heterocycles. The van der Waals surface area contributed by atoms with Gasteiger partial charge in [-0.3, -0.25) is 0 Å². The zero-order valence-corrected chi connectivity index (χ0v) is 9.10. The third kappa shape index (κ3) is 5.09. The van der Waals surface area contributed by atoms with E-state index < -0.39 is 0 Å². The summed E-state index contributed by atoms with van der Waals surface area (Å²) >= 11 is 2.68. The van der Waals surface area contributed by atoms with E-state index in [-0.39, 0.29) is 6.29 Å². The Labute approximate surface area is 66.9 Å². The molecule has 0 N–H and O–H groups in total. The van der Waals surface area contributed by atoms with Crippen LogP contribution in [0.2, 0.25) is 12.1 Å². The summed E-state index contributed by atoms with van der Waals surface area (Å²) < 4.78 is 0. The van der Waals surface area contributed by atoms with E-state index in [2.05, 4.69) is 35.6 Å². The van der Waals surface area contributed by atoms with Crippen LogP contribution in [-0.2, 0) is 0 Å². The predicted molar refractivity (Wildman–Crippen MR) is 51.4 cm³/mol. The number of hydrogen-bond acceptors (Lipinski definition) is 0. The minimum Gasteiger partial charge on any atom is -0.123 e. The van der Waals surface area contributed by atoms with Crippen molar-refractivity contribution in [2.24, 2.45) is 0 Å². The first-order valence-electron chi connectivity index (χ1n) is 3.45. The molecule has 0 heterocycles. The highest BCUT2D eigenvalue weighted by Gasteiger charge is 2.00. The van der Waals surface area contributed by atoms with Gasteiger partial charge in [-0.1, -0.05) is 38.8 Å². The molecule has 0 rings (SSSR count). The Morgan fingerprint density at radius 3 is 1.75 bits per heavy atom. The molecular formula is C6H15ISi. The van der Waals surface area contributed by atoms with Crippen LogP contribution in [0.3, 0.4) is 0 Å². The fraction of sp³-hybridized carbons (Fsp3) is 1.00. The molecule has 0 bridgehead atoms. The molecule has 50 valence electrons. The van der Waals surface area contributed by atoms with Gasteiger partial charge in [-0.05, 0) is 0 Å². The summed E-state index contributed by atoms with van der Waals surface area (Å²) in [6.07, 6.45) is 2.57. The van der Waals surface area contributed by atoms with Gasteiger partial charge in [0.15, 0.2) is 0 Å². The molecule has 0 aliphatic carbocycles. The van der Waals surface area contributed by atoms with Gasteiger partial charge in [-0.25, -0.2) is 0 Å². The van der Waals surface area contributed by atoms with Crippen LogP contribution in [-0.4, -0.2) is 6.29 Å². The van der Waals surface area contributed by atoms with E-state index in [1.165, 1.54) is 24.9 Å². The molecular weight excluding hydrogens is 227 g/mol. The Bertz CT molecular complexity index is 41.8. The summed E-state index contributed by atoms with van der Waals surface area (Å²) in [5, 5.41) is 0. The Kier molecular flexibility index (Phi) is 6.79. The molecule has 0 nitrogen and oxygen atoms in total. The first-order valence-corrected chi connectivity index (χ1v) is 9.26. The van der Waals surface area contributed by atoms with E-state index in [9.17, 15) is 0 Å². The molecule has 0 saturated carbocycles. The highest BCUT2D eigenvalue weighted by molar-refractivity contribution is 14.1. The topological polar surface area (TPSA) is 0 Å². The summed E-state index contributed by atoms with van der Waals surface area (Å²) in [5.41, 5.74) is 0. The summed E-state index contributed by atoms with van der Waals surface area (Å²) in [6, 6.07) is 3.07. The average Bonchev–Trinajstić information content (AvgIpc) is 1.68. The third-order valence-corrected chi connectivity index (χ3v) is 7.35. The molecule has 0 aromatic rings. The second-order valence-corrected chi connectivity index (χ2v) is 9.81. The standard InChI is InChI=1S/C6H15ISi/c1-3-5-8(7)6-4-2/h8H,3-6H2,1-2H3. The molecule has 0 aliphatic rings. The van der Waals surface area contributed by atoms with Gasteiger partial charge in [0.2, 0.25) is 0 Å². The van der Waals surface area contributed by atoms with Gasteiger partial charge in [-0.2, -0.15) is 0 Å². The van der Waals surface area contributed by atoms with Crippen molar-refractivity contribution in [1.29, 1.82) is 0 Å². The molecule has 8 heavy (non-hydrogen) atoms. The molecule has 0 atom stereocenters. The van der Waals surface area contributed by atoms with Crippen molar-refractivity contribution in [3.05, 3.63) is 0 Å². The van der Waals surface area contributed by atoms with Crippen molar-refractivity contribution in [3.8, 4) is 0 Å². The first kappa shape index (κ1) is 8.95. The maximum Gasteiger partial charge on any atom is 0.110 e. The maximum absolute atomic E-state index is 2.68. The van der Waals surface area contributed by atoms with Gasteiger partial charge in [0, 0.05) is 0 Å². The van der Waals surface area contributed by atoms with Crippen LogP contribution >= 0.6 is 21.8 Å². The van der Waals surface area contributed by atoms with Gasteiger partial charge in [0.25, 0.3) is 0 Å². The van der Waals surface area contributed by atoms with Crippen molar-refractivity contribution in [2.45, 2.75) is 38.8 Å². The minimum atomic E-state index is -0.232. The van der Waals surface area contributed by atoms with Gasteiger partial charge in [-0.15, -0.1) is 21.8 Å². The predicted octanol–water partition coefficient (Wildman–Crippen LogP) is 2.97. The summed E-state index contributed by atoms with van der Waals surface area (Å²) in [6.45, 7) is 4.57. The normalized spacial score (nSPS) is 10.5. The lowest BCUT2D eigenvalue weighted by atomic mass is 10.6. The smallest absolute Gasteiger partial charge is 0.110 e.